The van der Waals surface area contributed by atoms with Gasteiger partial charge in [-0.3, -0.25) is 9.78 Å². The molecule has 1 amide bonds. The fourth-order valence-electron chi connectivity index (χ4n) is 2.29. The Balaban J connectivity index is 2.10. The molecule has 3 rings (SSSR count). The summed E-state index contributed by atoms with van der Waals surface area (Å²) in [5.41, 5.74) is 7.47. The lowest BCUT2D eigenvalue weighted by atomic mass is 10.0. The average Bonchev–Trinajstić information content (AvgIpc) is 3.07. The maximum atomic E-state index is 14.1. The van der Waals surface area contributed by atoms with Crippen LogP contribution in [0.15, 0.2) is 42.9 Å². The van der Waals surface area contributed by atoms with Crippen LogP contribution in [-0.4, -0.2) is 20.7 Å². The van der Waals surface area contributed by atoms with Crippen LogP contribution >= 0.6 is 0 Å². The maximum absolute atomic E-state index is 14.1. The number of primary amides is 1. The van der Waals surface area contributed by atoms with Gasteiger partial charge in [0.05, 0.1) is 34.9 Å². The molecular formula is C17H12FN5O. The fraction of sp³-hybridized carbons (Fsp3) is 0.0588. The van der Waals surface area contributed by atoms with Crippen molar-refractivity contribution in [3.63, 3.8) is 0 Å². The molecule has 0 saturated heterocycles. The Morgan fingerprint density at radius 2 is 2.12 bits per heavy atom. The minimum absolute atomic E-state index is 0.202. The molecule has 118 valence electrons. The summed E-state index contributed by atoms with van der Waals surface area (Å²) in [5.74, 6) is -1.05. The van der Waals surface area contributed by atoms with Gasteiger partial charge in [-0.1, -0.05) is 11.6 Å². The molecule has 2 aromatic heterocycles. The van der Waals surface area contributed by atoms with Gasteiger partial charge in [-0.15, -0.1) is 0 Å². The number of rotatable bonds is 3. The summed E-state index contributed by atoms with van der Waals surface area (Å²) in [6, 6.07) is 8.17. The number of carbonyl (C=O) groups is 1. The van der Waals surface area contributed by atoms with Crippen LogP contribution in [0.4, 0.5) is 4.39 Å². The molecule has 0 radical (unpaired) electrons. The predicted octanol–water partition coefficient (Wildman–Crippen LogP) is 2.35. The summed E-state index contributed by atoms with van der Waals surface area (Å²) in [5, 5.41) is 13.4. The Morgan fingerprint density at radius 1 is 1.33 bits per heavy atom. The van der Waals surface area contributed by atoms with Gasteiger partial charge in [-0.05, 0) is 25.1 Å². The first-order valence-electron chi connectivity index (χ1n) is 7.01. The maximum Gasteiger partial charge on any atom is 0.251 e. The van der Waals surface area contributed by atoms with Crippen LogP contribution < -0.4 is 5.73 Å². The van der Waals surface area contributed by atoms with Crippen molar-refractivity contribution in [1.29, 1.82) is 5.26 Å². The second kappa shape index (κ2) is 5.93. The zero-order valence-electron chi connectivity index (χ0n) is 12.7. The number of carbonyl (C=O) groups excluding carboxylic acids is 1. The molecule has 0 bridgehead atoms. The van der Waals surface area contributed by atoms with E-state index < -0.39 is 11.7 Å². The SMILES string of the molecule is Cc1ccc(F)c(-c2ncc(-n3cc(C(N)=O)cn3)cc2C#N)c1. The van der Waals surface area contributed by atoms with E-state index in [1.165, 1.54) is 35.4 Å². The number of nitrogens with zero attached hydrogens (tertiary/aromatic N) is 4. The van der Waals surface area contributed by atoms with Gasteiger partial charge in [0.15, 0.2) is 0 Å². The Kier molecular flexibility index (Phi) is 3.80. The molecule has 2 heterocycles. The van der Waals surface area contributed by atoms with E-state index in [0.717, 1.165) is 5.56 Å². The minimum atomic E-state index is -0.604. The van der Waals surface area contributed by atoms with Crippen molar-refractivity contribution in [1.82, 2.24) is 14.8 Å². The molecule has 0 unspecified atom stereocenters. The molecule has 7 heteroatoms. The van der Waals surface area contributed by atoms with Gasteiger partial charge in [-0.25, -0.2) is 9.07 Å². The Morgan fingerprint density at radius 3 is 2.79 bits per heavy atom. The highest BCUT2D eigenvalue weighted by atomic mass is 19.1. The van der Waals surface area contributed by atoms with E-state index in [2.05, 4.69) is 10.1 Å². The summed E-state index contributed by atoms with van der Waals surface area (Å²) < 4.78 is 15.4. The first-order chi connectivity index (χ1) is 11.5. The van der Waals surface area contributed by atoms with E-state index in [9.17, 15) is 14.4 Å². The van der Waals surface area contributed by atoms with E-state index >= 15 is 0 Å². The van der Waals surface area contributed by atoms with Gasteiger partial charge in [-0.2, -0.15) is 10.4 Å². The van der Waals surface area contributed by atoms with Gasteiger partial charge in [0, 0.05) is 11.8 Å². The Bertz CT molecular complexity index is 987. The van der Waals surface area contributed by atoms with E-state index in [-0.39, 0.29) is 22.4 Å². The highest BCUT2D eigenvalue weighted by Gasteiger charge is 2.14. The van der Waals surface area contributed by atoms with Gasteiger partial charge in [0.1, 0.15) is 11.9 Å². The van der Waals surface area contributed by atoms with Crippen LogP contribution in [0.25, 0.3) is 16.9 Å². The molecule has 3 aromatic rings. The summed E-state index contributed by atoms with van der Waals surface area (Å²) in [7, 11) is 0. The Hall–Kier alpha value is -3.53. The standard InChI is InChI=1S/C17H12FN5O/c1-10-2-3-15(18)14(4-10)16-11(6-19)5-13(8-21-16)23-9-12(7-22-23)17(20)24/h2-5,7-9H,1H3,(H2,20,24). The second-order valence-corrected chi connectivity index (χ2v) is 5.22. The molecule has 0 fully saturated rings. The number of hydrogen-bond acceptors (Lipinski definition) is 4. The van der Waals surface area contributed by atoms with Gasteiger partial charge in [0.25, 0.3) is 5.91 Å². The summed E-state index contributed by atoms with van der Waals surface area (Å²) >= 11 is 0. The number of nitriles is 1. The number of pyridine rings is 1. The molecule has 0 atom stereocenters. The zero-order chi connectivity index (χ0) is 17.3. The summed E-state index contributed by atoms with van der Waals surface area (Å²) in [6.45, 7) is 1.83. The fourth-order valence-corrected chi connectivity index (χ4v) is 2.29. The molecule has 6 nitrogen and oxygen atoms in total. The summed E-state index contributed by atoms with van der Waals surface area (Å²) in [4.78, 5) is 15.3. The first kappa shape index (κ1) is 15.4. The number of hydrogen-bond donors (Lipinski definition) is 1. The summed E-state index contributed by atoms with van der Waals surface area (Å²) in [6.07, 6.45) is 4.21. The van der Waals surface area contributed by atoms with Crippen molar-refractivity contribution in [3.05, 3.63) is 65.4 Å². The number of amides is 1. The smallest absolute Gasteiger partial charge is 0.251 e. The van der Waals surface area contributed by atoms with Gasteiger partial charge < -0.3 is 5.73 Å². The predicted molar refractivity (Wildman–Crippen MR) is 84.7 cm³/mol. The van der Waals surface area contributed by atoms with Crippen molar-refractivity contribution < 1.29 is 9.18 Å². The number of aryl methyl sites for hydroxylation is 1. The number of nitrogens with two attached hydrogens (primary N) is 1. The molecular weight excluding hydrogens is 309 g/mol. The number of aromatic nitrogens is 3. The largest absolute Gasteiger partial charge is 0.366 e. The van der Waals surface area contributed by atoms with Crippen molar-refractivity contribution in [2.24, 2.45) is 5.73 Å². The van der Waals surface area contributed by atoms with Crippen molar-refractivity contribution >= 4 is 5.91 Å². The molecule has 0 aliphatic heterocycles. The lowest BCUT2D eigenvalue weighted by Crippen LogP contribution is -2.09. The second-order valence-electron chi connectivity index (χ2n) is 5.22. The molecule has 0 spiro atoms. The van der Waals surface area contributed by atoms with Crippen LogP contribution in [-0.2, 0) is 0 Å². The molecule has 24 heavy (non-hydrogen) atoms. The first-order valence-corrected chi connectivity index (χ1v) is 7.01. The lowest BCUT2D eigenvalue weighted by Gasteiger charge is -2.08. The third-order valence-electron chi connectivity index (χ3n) is 3.50. The van der Waals surface area contributed by atoms with E-state index in [4.69, 9.17) is 5.73 Å². The molecule has 0 aliphatic rings. The highest BCUT2D eigenvalue weighted by molar-refractivity contribution is 5.92. The van der Waals surface area contributed by atoms with Crippen LogP contribution in [0, 0.1) is 24.1 Å². The van der Waals surface area contributed by atoms with Crippen LogP contribution in [0.5, 0.6) is 0 Å². The van der Waals surface area contributed by atoms with Crippen molar-refractivity contribution in [2.45, 2.75) is 6.92 Å². The third kappa shape index (κ3) is 2.73. The van der Waals surface area contributed by atoms with Crippen molar-refractivity contribution in [2.75, 3.05) is 0 Å². The lowest BCUT2D eigenvalue weighted by molar-refractivity contribution is 0.100. The molecule has 0 saturated carbocycles. The number of halogens is 1. The average molecular weight is 321 g/mol. The molecule has 1 aromatic carbocycles. The normalized spacial score (nSPS) is 10.4. The van der Waals surface area contributed by atoms with Crippen LogP contribution in [0.3, 0.4) is 0 Å². The quantitative estimate of drug-likeness (QED) is 0.800. The topological polar surface area (TPSA) is 97.6 Å². The van der Waals surface area contributed by atoms with E-state index in [0.29, 0.717) is 5.69 Å². The number of benzene rings is 1. The third-order valence-corrected chi connectivity index (χ3v) is 3.50. The highest BCUT2D eigenvalue weighted by Crippen LogP contribution is 2.26. The Labute approximate surface area is 137 Å². The van der Waals surface area contributed by atoms with Crippen molar-refractivity contribution in [3.8, 4) is 23.0 Å². The zero-order valence-corrected chi connectivity index (χ0v) is 12.7. The molecule has 2 N–H and O–H groups in total. The minimum Gasteiger partial charge on any atom is -0.366 e. The van der Waals surface area contributed by atoms with Crippen LogP contribution in [0.1, 0.15) is 21.5 Å². The van der Waals surface area contributed by atoms with E-state index in [1.807, 2.05) is 13.0 Å². The molecule has 0 aliphatic carbocycles. The van der Waals surface area contributed by atoms with E-state index in [1.54, 1.807) is 12.1 Å². The van der Waals surface area contributed by atoms with Gasteiger partial charge >= 0.3 is 0 Å². The van der Waals surface area contributed by atoms with Gasteiger partial charge in [0.2, 0.25) is 0 Å². The monoisotopic (exact) mass is 321 g/mol. The van der Waals surface area contributed by atoms with Crippen LogP contribution in [0.2, 0.25) is 0 Å².